The van der Waals surface area contributed by atoms with E-state index in [-0.39, 0.29) is 11.7 Å². The molecular formula is C21H21FN2O. The van der Waals surface area contributed by atoms with Gasteiger partial charge in [0.1, 0.15) is 5.82 Å². The average molecular weight is 336 g/mol. The van der Waals surface area contributed by atoms with Gasteiger partial charge in [0.2, 0.25) is 0 Å². The number of hydrogen-bond acceptors (Lipinski definition) is 2. The number of carbonyl (C=O) groups excluding carboxylic acids is 1. The maximum atomic E-state index is 13.5. The van der Waals surface area contributed by atoms with Crippen molar-refractivity contribution in [3.8, 4) is 11.1 Å². The molecule has 0 aromatic heterocycles. The van der Waals surface area contributed by atoms with E-state index >= 15 is 0 Å². The van der Waals surface area contributed by atoms with Gasteiger partial charge < -0.3 is 10.2 Å². The fraction of sp³-hybridized carbons (Fsp3) is 0.381. The van der Waals surface area contributed by atoms with Crippen LogP contribution < -0.4 is 5.32 Å². The minimum Gasteiger partial charge on any atom is -0.332 e. The van der Waals surface area contributed by atoms with Gasteiger partial charge in [-0.25, -0.2) is 4.39 Å². The number of rotatable bonds is 2. The van der Waals surface area contributed by atoms with Gasteiger partial charge >= 0.3 is 0 Å². The number of benzene rings is 2. The molecule has 1 amide bonds. The van der Waals surface area contributed by atoms with Crippen LogP contribution in [0.4, 0.5) is 4.39 Å². The normalized spacial score (nSPS) is 29.9. The van der Waals surface area contributed by atoms with E-state index in [9.17, 15) is 9.18 Å². The van der Waals surface area contributed by atoms with Crippen molar-refractivity contribution in [2.45, 2.75) is 24.9 Å². The Morgan fingerprint density at radius 3 is 2.28 bits per heavy atom. The molecule has 0 aliphatic carbocycles. The molecule has 25 heavy (non-hydrogen) atoms. The van der Waals surface area contributed by atoms with E-state index in [1.54, 1.807) is 6.07 Å². The molecule has 0 saturated carbocycles. The predicted molar refractivity (Wildman–Crippen MR) is 94.7 cm³/mol. The van der Waals surface area contributed by atoms with E-state index in [0.29, 0.717) is 29.5 Å². The van der Waals surface area contributed by atoms with Crippen molar-refractivity contribution < 1.29 is 9.18 Å². The largest absolute Gasteiger partial charge is 0.332 e. The lowest BCUT2D eigenvalue weighted by Crippen LogP contribution is -2.39. The number of fused-ring (bicyclic) bond motifs is 5. The van der Waals surface area contributed by atoms with Gasteiger partial charge in [0.25, 0.3) is 5.91 Å². The first-order valence-corrected chi connectivity index (χ1v) is 9.12. The van der Waals surface area contributed by atoms with E-state index in [1.165, 1.54) is 12.1 Å². The van der Waals surface area contributed by atoms with E-state index in [2.05, 4.69) is 10.2 Å². The molecule has 0 spiro atoms. The third-order valence-electron chi connectivity index (χ3n) is 6.27. The average Bonchev–Trinajstić information content (AvgIpc) is 3.33. The van der Waals surface area contributed by atoms with E-state index < -0.39 is 0 Å². The lowest BCUT2D eigenvalue weighted by atomic mass is 9.82. The van der Waals surface area contributed by atoms with Gasteiger partial charge in [0, 0.05) is 30.7 Å². The van der Waals surface area contributed by atoms with Gasteiger partial charge in [0.15, 0.2) is 0 Å². The highest BCUT2D eigenvalue weighted by Gasteiger charge is 2.56. The van der Waals surface area contributed by atoms with Crippen molar-refractivity contribution in [1.82, 2.24) is 10.2 Å². The number of halogens is 1. The molecule has 2 bridgehead atoms. The van der Waals surface area contributed by atoms with Crippen LogP contribution in [0.5, 0.6) is 0 Å². The zero-order valence-corrected chi connectivity index (χ0v) is 14.0. The Labute approximate surface area is 146 Å². The van der Waals surface area contributed by atoms with Crippen LogP contribution in [0.2, 0.25) is 0 Å². The third-order valence-corrected chi connectivity index (χ3v) is 6.27. The summed E-state index contributed by atoms with van der Waals surface area (Å²) >= 11 is 0. The molecule has 2 aromatic carbocycles. The maximum absolute atomic E-state index is 13.5. The first-order chi connectivity index (χ1) is 12.2. The van der Waals surface area contributed by atoms with Gasteiger partial charge in [0.05, 0.1) is 0 Å². The molecule has 4 atom stereocenters. The van der Waals surface area contributed by atoms with Crippen LogP contribution in [0.15, 0.2) is 48.5 Å². The second-order valence-electron chi connectivity index (χ2n) is 7.50. The van der Waals surface area contributed by atoms with Gasteiger partial charge in [-0.15, -0.1) is 0 Å². The molecule has 2 aromatic rings. The van der Waals surface area contributed by atoms with Crippen molar-refractivity contribution in [1.29, 1.82) is 0 Å². The molecular weight excluding hydrogens is 315 g/mol. The summed E-state index contributed by atoms with van der Waals surface area (Å²) in [6, 6.07) is 14.9. The number of carbonyl (C=O) groups is 1. The summed E-state index contributed by atoms with van der Waals surface area (Å²) in [7, 11) is 0. The molecule has 3 fully saturated rings. The summed E-state index contributed by atoms with van der Waals surface area (Å²) in [4.78, 5) is 15.4. The first-order valence-electron chi connectivity index (χ1n) is 9.12. The van der Waals surface area contributed by atoms with Crippen LogP contribution in [0.1, 0.15) is 23.2 Å². The molecule has 3 aliphatic heterocycles. The monoisotopic (exact) mass is 336 g/mol. The fourth-order valence-corrected chi connectivity index (χ4v) is 5.22. The Morgan fingerprint density at radius 2 is 1.60 bits per heavy atom. The topological polar surface area (TPSA) is 32.3 Å². The van der Waals surface area contributed by atoms with Crippen LogP contribution in [-0.4, -0.2) is 36.0 Å². The third kappa shape index (κ3) is 2.31. The van der Waals surface area contributed by atoms with E-state index in [4.69, 9.17) is 0 Å². The molecule has 3 heterocycles. The zero-order chi connectivity index (χ0) is 17.0. The van der Waals surface area contributed by atoms with Crippen LogP contribution in [0, 0.1) is 17.7 Å². The minimum atomic E-state index is -0.257. The van der Waals surface area contributed by atoms with Crippen LogP contribution in [-0.2, 0) is 0 Å². The number of nitrogens with zero attached hydrogens (tertiary/aromatic N) is 1. The van der Waals surface area contributed by atoms with Crippen molar-refractivity contribution in [3.63, 3.8) is 0 Å². The standard InChI is InChI=1S/C21H21FN2O/c22-16-6-2-4-14(10-16)13-3-1-5-15(9-13)21(25)24-19-7-8-20(24)18-12-23-11-17(18)19/h1-6,9-10,17-20,23H,7-8,11-12H2/t17-,18+,19-,20+. The summed E-state index contributed by atoms with van der Waals surface area (Å²) in [5, 5.41) is 3.49. The molecule has 128 valence electrons. The lowest BCUT2D eigenvalue weighted by molar-refractivity contribution is 0.0709. The van der Waals surface area contributed by atoms with Crippen molar-refractivity contribution >= 4 is 5.91 Å². The molecule has 4 heteroatoms. The molecule has 1 N–H and O–H groups in total. The van der Waals surface area contributed by atoms with Crippen molar-refractivity contribution in [2.75, 3.05) is 13.1 Å². The predicted octanol–water partition coefficient (Wildman–Crippen LogP) is 3.32. The molecule has 3 aliphatic rings. The van der Waals surface area contributed by atoms with Crippen LogP contribution in [0.3, 0.4) is 0 Å². The summed E-state index contributed by atoms with van der Waals surface area (Å²) < 4.78 is 13.5. The molecule has 0 unspecified atom stereocenters. The van der Waals surface area contributed by atoms with Gasteiger partial charge in [-0.3, -0.25) is 4.79 Å². The SMILES string of the molecule is O=C(c1cccc(-c2cccc(F)c2)c1)N1[C@@H]2CC[C@H]1[C@H]1CNC[C@H]12. The molecule has 3 saturated heterocycles. The highest BCUT2D eigenvalue weighted by molar-refractivity contribution is 5.96. The highest BCUT2D eigenvalue weighted by Crippen LogP contribution is 2.47. The van der Waals surface area contributed by atoms with Crippen molar-refractivity contribution in [2.24, 2.45) is 11.8 Å². The Bertz CT molecular complexity index is 818. The maximum Gasteiger partial charge on any atom is 0.254 e. The van der Waals surface area contributed by atoms with Gasteiger partial charge in [-0.1, -0.05) is 24.3 Å². The summed E-state index contributed by atoms with van der Waals surface area (Å²) in [6.45, 7) is 2.08. The van der Waals surface area contributed by atoms with Gasteiger partial charge in [-0.05, 0) is 60.1 Å². The molecule has 5 rings (SSSR count). The quantitative estimate of drug-likeness (QED) is 0.912. The van der Waals surface area contributed by atoms with Gasteiger partial charge in [-0.2, -0.15) is 0 Å². The Balaban J connectivity index is 1.46. The second-order valence-corrected chi connectivity index (χ2v) is 7.50. The number of hydrogen-bond donors (Lipinski definition) is 1. The summed E-state index contributed by atoms with van der Waals surface area (Å²) in [5.41, 5.74) is 2.41. The fourth-order valence-electron chi connectivity index (χ4n) is 5.22. The zero-order valence-electron chi connectivity index (χ0n) is 14.0. The van der Waals surface area contributed by atoms with Crippen LogP contribution in [0.25, 0.3) is 11.1 Å². The van der Waals surface area contributed by atoms with Crippen molar-refractivity contribution in [3.05, 3.63) is 59.9 Å². The summed E-state index contributed by atoms with van der Waals surface area (Å²) in [5.74, 6) is 1.12. The first kappa shape index (κ1) is 15.1. The number of amides is 1. The van der Waals surface area contributed by atoms with E-state index in [1.807, 2.05) is 30.3 Å². The second kappa shape index (κ2) is 5.67. The highest BCUT2D eigenvalue weighted by atomic mass is 19.1. The number of nitrogens with one attached hydrogen (secondary N) is 1. The smallest absolute Gasteiger partial charge is 0.254 e. The molecule has 3 nitrogen and oxygen atoms in total. The molecule has 0 radical (unpaired) electrons. The Hall–Kier alpha value is -2.20. The Morgan fingerprint density at radius 1 is 0.960 bits per heavy atom. The van der Waals surface area contributed by atoms with E-state index in [0.717, 1.165) is 37.1 Å². The Kier molecular flexibility index (Phi) is 3.42. The lowest BCUT2D eigenvalue weighted by Gasteiger charge is -2.25. The summed E-state index contributed by atoms with van der Waals surface area (Å²) in [6.07, 6.45) is 2.26. The van der Waals surface area contributed by atoms with Crippen LogP contribution >= 0.6 is 0 Å². The minimum absolute atomic E-state index is 0.139.